The maximum absolute atomic E-state index is 10.2. The Bertz CT molecular complexity index is 904. The zero-order chi connectivity index (χ0) is 19.9. The van der Waals surface area contributed by atoms with Crippen LogP contribution < -0.4 is 4.74 Å². The van der Waals surface area contributed by atoms with E-state index in [1.54, 1.807) is 0 Å². The second-order valence-corrected chi connectivity index (χ2v) is 6.65. The smallest absolute Gasteiger partial charge is 0.176 e. The number of benzene rings is 2. The highest BCUT2D eigenvalue weighted by Gasteiger charge is 2.19. The van der Waals surface area contributed by atoms with Crippen LogP contribution in [0, 0.1) is 22.7 Å². The summed E-state index contributed by atoms with van der Waals surface area (Å²) in [5.74, 6) is -0.120. The number of phenols is 1. The Morgan fingerprint density at radius 3 is 2.50 bits per heavy atom. The van der Waals surface area contributed by atoms with Crippen LogP contribution in [0.25, 0.3) is 0 Å². The Hall–Kier alpha value is -3.06. The maximum Gasteiger partial charge on any atom is 0.176 e. The van der Waals surface area contributed by atoms with E-state index in [1.165, 1.54) is 13.2 Å². The van der Waals surface area contributed by atoms with Crippen molar-refractivity contribution in [2.45, 2.75) is 38.6 Å². The summed E-state index contributed by atoms with van der Waals surface area (Å²) < 4.78 is 16.4. The summed E-state index contributed by atoms with van der Waals surface area (Å²) in [6, 6.07) is 13.3. The zero-order valence-corrected chi connectivity index (χ0v) is 15.8. The van der Waals surface area contributed by atoms with E-state index in [1.807, 2.05) is 30.3 Å². The lowest BCUT2D eigenvalue weighted by Crippen LogP contribution is -2.21. The average molecular weight is 378 g/mol. The first-order chi connectivity index (χ1) is 13.7. The number of rotatable bonds is 6. The highest BCUT2D eigenvalue weighted by atomic mass is 16.7. The highest BCUT2D eigenvalue weighted by Crippen LogP contribution is 2.35. The van der Waals surface area contributed by atoms with Gasteiger partial charge >= 0.3 is 0 Å². The molecular formula is C22H22N2O4. The Labute approximate surface area is 164 Å². The number of hydrogen-bond donors (Lipinski definition) is 1. The molecule has 1 heterocycles. The van der Waals surface area contributed by atoms with Crippen molar-refractivity contribution in [1.29, 1.82) is 10.5 Å². The van der Waals surface area contributed by atoms with Gasteiger partial charge in [0.2, 0.25) is 0 Å². The van der Waals surface area contributed by atoms with E-state index in [0.29, 0.717) is 24.2 Å². The Morgan fingerprint density at radius 1 is 1.14 bits per heavy atom. The topological polar surface area (TPSA) is 95.5 Å². The minimum atomic E-state index is -0.239. The van der Waals surface area contributed by atoms with Gasteiger partial charge in [-0.05, 0) is 36.0 Å². The minimum Gasteiger partial charge on any atom is -0.503 e. The van der Waals surface area contributed by atoms with Crippen LogP contribution in [0.2, 0.25) is 0 Å². The van der Waals surface area contributed by atoms with E-state index >= 15 is 0 Å². The summed E-state index contributed by atoms with van der Waals surface area (Å²) in [4.78, 5) is 0. The van der Waals surface area contributed by atoms with Gasteiger partial charge in [0.25, 0.3) is 0 Å². The zero-order valence-electron chi connectivity index (χ0n) is 15.8. The van der Waals surface area contributed by atoms with Gasteiger partial charge in [-0.15, -0.1) is 0 Å². The molecule has 0 saturated carbocycles. The molecule has 144 valence electrons. The van der Waals surface area contributed by atoms with Gasteiger partial charge in [0, 0.05) is 19.1 Å². The molecule has 1 saturated heterocycles. The lowest BCUT2D eigenvalue weighted by molar-refractivity contribution is -0.168. The molecule has 28 heavy (non-hydrogen) atoms. The van der Waals surface area contributed by atoms with E-state index in [4.69, 9.17) is 14.2 Å². The number of aromatic hydroxyl groups is 1. The summed E-state index contributed by atoms with van der Waals surface area (Å²) in [7, 11) is 1.39. The standard InChI is InChI=1S/C22H22N2O4/c1-26-20-11-17(12-23)18(19(13-24)22(20)25)10-15-5-7-16(8-6-15)14-28-21-4-2-3-9-27-21/h5-8,11,21,25H,2-4,9-10,14H2,1H3. The number of hydrogen-bond acceptors (Lipinski definition) is 6. The molecule has 1 atom stereocenters. The first-order valence-corrected chi connectivity index (χ1v) is 9.20. The highest BCUT2D eigenvalue weighted by molar-refractivity contribution is 5.62. The lowest BCUT2D eigenvalue weighted by Gasteiger charge is -2.22. The summed E-state index contributed by atoms with van der Waals surface area (Å²) in [5, 5.41) is 29.1. The van der Waals surface area contributed by atoms with E-state index in [-0.39, 0.29) is 23.4 Å². The van der Waals surface area contributed by atoms with E-state index < -0.39 is 0 Å². The molecule has 1 fully saturated rings. The SMILES string of the molecule is COc1cc(C#N)c(Cc2ccc(COC3CCCCO3)cc2)c(C#N)c1O. The third kappa shape index (κ3) is 4.43. The number of phenolic OH excluding ortho intramolecular Hbond substituents is 1. The molecule has 0 aliphatic carbocycles. The van der Waals surface area contributed by atoms with Crippen LogP contribution in [0.4, 0.5) is 0 Å². The molecule has 0 radical (unpaired) electrons. The van der Waals surface area contributed by atoms with Crippen LogP contribution in [0.1, 0.15) is 47.1 Å². The summed E-state index contributed by atoms with van der Waals surface area (Å²) in [6.45, 7) is 1.22. The Balaban J connectivity index is 1.74. The van der Waals surface area contributed by atoms with Crippen molar-refractivity contribution in [3.63, 3.8) is 0 Å². The van der Waals surface area contributed by atoms with Crippen LogP contribution in [0.3, 0.4) is 0 Å². The third-order valence-corrected chi connectivity index (χ3v) is 4.80. The molecule has 3 rings (SSSR count). The van der Waals surface area contributed by atoms with Crippen molar-refractivity contribution in [3.05, 3.63) is 58.1 Å². The molecule has 0 amide bonds. The molecule has 1 unspecified atom stereocenters. The first kappa shape index (κ1) is 19.7. The molecular weight excluding hydrogens is 356 g/mol. The largest absolute Gasteiger partial charge is 0.503 e. The Kier molecular flexibility index (Phi) is 6.49. The van der Waals surface area contributed by atoms with Gasteiger partial charge in [-0.1, -0.05) is 24.3 Å². The van der Waals surface area contributed by atoms with Gasteiger partial charge in [-0.3, -0.25) is 0 Å². The minimum absolute atomic E-state index is 0.0674. The van der Waals surface area contributed by atoms with Gasteiger partial charge in [0.15, 0.2) is 17.8 Å². The second-order valence-electron chi connectivity index (χ2n) is 6.65. The molecule has 1 aliphatic rings. The van der Waals surface area contributed by atoms with E-state index in [9.17, 15) is 15.6 Å². The van der Waals surface area contributed by atoms with Crippen molar-refractivity contribution in [2.75, 3.05) is 13.7 Å². The van der Waals surface area contributed by atoms with E-state index in [2.05, 4.69) is 6.07 Å². The van der Waals surface area contributed by atoms with Gasteiger partial charge in [-0.2, -0.15) is 10.5 Å². The Morgan fingerprint density at radius 2 is 1.89 bits per heavy atom. The van der Waals surface area contributed by atoms with Crippen molar-refractivity contribution in [2.24, 2.45) is 0 Å². The fourth-order valence-electron chi connectivity index (χ4n) is 3.24. The predicted octanol–water partition coefficient (Wildman–Crippen LogP) is 3.78. The van der Waals surface area contributed by atoms with Gasteiger partial charge in [0.1, 0.15) is 11.6 Å². The molecule has 6 heteroatoms. The van der Waals surface area contributed by atoms with Crippen LogP contribution in [-0.2, 0) is 22.5 Å². The summed E-state index contributed by atoms with van der Waals surface area (Å²) >= 11 is 0. The predicted molar refractivity (Wildman–Crippen MR) is 102 cm³/mol. The normalized spacial score (nSPS) is 16.2. The average Bonchev–Trinajstić information content (AvgIpc) is 2.74. The number of methoxy groups -OCH3 is 1. The molecule has 0 bridgehead atoms. The summed E-state index contributed by atoms with van der Waals surface area (Å²) in [6.07, 6.45) is 3.36. The first-order valence-electron chi connectivity index (χ1n) is 9.20. The second kappa shape index (κ2) is 9.23. The van der Waals surface area contributed by atoms with Gasteiger partial charge < -0.3 is 19.3 Å². The van der Waals surface area contributed by atoms with Gasteiger partial charge in [0.05, 0.1) is 25.3 Å². The lowest BCUT2D eigenvalue weighted by atomic mass is 9.94. The number of nitrogens with zero attached hydrogens (tertiary/aromatic N) is 2. The number of ether oxygens (including phenoxy) is 3. The fraction of sp³-hybridized carbons (Fsp3) is 0.364. The van der Waals surface area contributed by atoms with Crippen molar-refractivity contribution < 1.29 is 19.3 Å². The molecule has 6 nitrogen and oxygen atoms in total. The fourth-order valence-corrected chi connectivity index (χ4v) is 3.24. The molecule has 0 spiro atoms. The summed E-state index contributed by atoms with van der Waals surface area (Å²) in [5.41, 5.74) is 2.82. The quantitative estimate of drug-likeness (QED) is 0.822. The van der Waals surface area contributed by atoms with Crippen molar-refractivity contribution in [3.8, 4) is 23.6 Å². The van der Waals surface area contributed by atoms with Crippen LogP contribution in [-0.4, -0.2) is 25.1 Å². The monoisotopic (exact) mass is 378 g/mol. The maximum atomic E-state index is 10.2. The van der Waals surface area contributed by atoms with Gasteiger partial charge in [-0.25, -0.2) is 0 Å². The van der Waals surface area contributed by atoms with Crippen LogP contribution in [0.5, 0.6) is 11.5 Å². The van der Waals surface area contributed by atoms with Crippen molar-refractivity contribution in [1.82, 2.24) is 0 Å². The van der Waals surface area contributed by atoms with Crippen LogP contribution in [0.15, 0.2) is 30.3 Å². The van der Waals surface area contributed by atoms with E-state index in [0.717, 1.165) is 37.0 Å². The molecule has 2 aromatic rings. The number of nitriles is 2. The third-order valence-electron chi connectivity index (χ3n) is 4.80. The molecule has 2 aromatic carbocycles. The molecule has 1 N–H and O–H groups in total. The van der Waals surface area contributed by atoms with Crippen LogP contribution >= 0.6 is 0 Å². The van der Waals surface area contributed by atoms with Crippen molar-refractivity contribution >= 4 is 0 Å². The molecule has 1 aliphatic heterocycles. The molecule has 0 aromatic heterocycles.